The number of carbonyl (C=O) groups excluding carboxylic acids is 2. The van der Waals surface area contributed by atoms with E-state index in [2.05, 4.69) is 11.4 Å². The summed E-state index contributed by atoms with van der Waals surface area (Å²) in [4.78, 5) is 23.3. The summed E-state index contributed by atoms with van der Waals surface area (Å²) >= 11 is 0. The Morgan fingerprint density at radius 3 is 2.74 bits per heavy atom. The molecule has 5 heteroatoms. The summed E-state index contributed by atoms with van der Waals surface area (Å²) in [5, 5.41) is 12.8. The molecule has 0 spiro atoms. The number of rotatable bonds is 7. The van der Waals surface area contributed by atoms with E-state index >= 15 is 0 Å². The van der Waals surface area contributed by atoms with E-state index < -0.39 is 0 Å². The first-order valence-electron chi connectivity index (χ1n) is 9.11. The minimum atomic E-state index is -0.307. The van der Waals surface area contributed by atoms with Gasteiger partial charge in [-0.1, -0.05) is 24.3 Å². The van der Waals surface area contributed by atoms with Crippen molar-refractivity contribution in [3.8, 4) is 6.07 Å². The number of Topliss-reactive ketones (excluding diaryl/α,β-unsaturated/α-hetero) is 1. The second-order valence-electron chi connectivity index (χ2n) is 6.86. The van der Waals surface area contributed by atoms with Crippen LogP contribution in [0.3, 0.4) is 0 Å². The van der Waals surface area contributed by atoms with Crippen LogP contribution < -0.4 is 5.32 Å². The van der Waals surface area contributed by atoms with Gasteiger partial charge in [-0.25, -0.2) is 4.79 Å². The van der Waals surface area contributed by atoms with E-state index in [0.717, 1.165) is 36.1 Å². The first-order chi connectivity index (χ1) is 13.1. The highest BCUT2D eigenvalue weighted by atomic mass is 16.5. The van der Waals surface area contributed by atoms with Gasteiger partial charge in [-0.15, -0.1) is 0 Å². The molecular weight excluding hydrogens is 340 g/mol. The molecule has 0 aliphatic carbocycles. The zero-order valence-corrected chi connectivity index (χ0v) is 15.3. The summed E-state index contributed by atoms with van der Waals surface area (Å²) in [6.07, 6.45) is 2.74. The largest absolute Gasteiger partial charge is 0.462 e. The van der Waals surface area contributed by atoms with E-state index in [1.54, 1.807) is 25.1 Å². The van der Waals surface area contributed by atoms with Crippen molar-refractivity contribution >= 4 is 17.4 Å². The summed E-state index contributed by atoms with van der Waals surface area (Å²) in [5.74, 6) is -0.222. The van der Waals surface area contributed by atoms with Gasteiger partial charge >= 0.3 is 5.97 Å². The molecule has 0 amide bonds. The Balaban J connectivity index is 1.52. The Kier molecular flexibility index (Phi) is 5.87. The molecule has 0 bridgehead atoms. The molecule has 2 aromatic rings. The number of nitriles is 1. The molecule has 27 heavy (non-hydrogen) atoms. The molecule has 0 fully saturated rings. The number of fused-ring (bicyclic) bond motifs is 1. The number of carbonyl (C=O) groups is 2. The molecule has 1 heterocycles. The average Bonchev–Trinajstić information content (AvgIpc) is 3.07. The summed E-state index contributed by atoms with van der Waals surface area (Å²) in [6, 6.07) is 15.2. The van der Waals surface area contributed by atoms with E-state index in [0.29, 0.717) is 24.2 Å². The summed E-state index contributed by atoms with van der Waals surface area (Å²) in [5.41, 5.74) is 3.98. The standard InChI is InChI=1S/C22H22N2O3/c1-15(25)10-16-11-18-13-20(24-21(18)19(12-16)14-23)8-5-9-27-22(26)17-6-3-2-4-7-17/h2-4,6-7,11-12,20,24H,5,8-10,13H2,1H3. The SMILES string of the molecule is CC(=O)Cc1cc(C#N)c2c(c1)CC(CCCOC(=O)c1ccccc1)N2. The number of ether oxygens (including phenoxy) is 1. The molecule has 1 aliphatic heterocycles. The van der Waals surface area contributed by atoms with E-state index in [1.165, 1.54) is 0 Å². The van der Waals surface area contributed by atoms with Crippen molar-refractivity contribution in [1.82, 2.24) is 0 Å². The predicted octanol–water partition coefficient (Wildman–Crippen LogP) is 3.66. The average molecular weight is 362 g/mol. The Morgan fingerprint density at radius 2 is 2.04 bits per heavy atom. The van der Waals surface area contributed by atoms with Crippen molar-refractivity contribution in [2.45, 2.75) is 38.6 Å². The molecule has 5 nitrogen and oxygen atoms in total. The smallest absolute Gasteiger partial charge is 0.338 e. The lowest BCUT2D eigenvalue weighted by atomic mass is 9.99. The Morgan fingerprint density at radius 1 is 1.26 bits per heavy atom. The normalized spacial score (nSPS) is 14.7. The lowest BCUT2D eigenvalue weighted by molar-refractivity contribution is -0.116. The quantitative estimate of drug-likeness (QED) is 0.601. The highest BCUT2D eigenvalue weighted by molar-refractivity contribution is 5.89. The molecule has 0 saturated heterocycles. The van der Waals surface area contributed by atoms with Gasteiger partial charge in [0, 0.05) is 12.5 Å². The topological polar surface area (TPSA) is 79.2 Å². The van der Waals surface area contributed by atoms with Gasteiger partial charge in [0.25, 0.3) is 0 Å². The Labute approximate surface area is 159 Å². The van der Waals surface area contributed by atoms with Crippen molar-refractivity contribution < 1.29 is 14.3 Å². The van der Waals surface area contributed by atoms with Gasteiger partial charge in [0.05, 0.1) is 23.4 Å². The third-order valence-corrected chi connectivity index (χ3v) is 4.61. The number of ketones is 1. The molecule has 1 unspecified atom stereocenters. The molecule has 0 aromatic heterocycles. The fourth-order valence-corrected chi connectivity index (χ4v) is 3.42. The second kappa shape index (κ2) is 8.50. The van der Waals surface area contributed by atoms with Crippen LogP contribution in [0.2, 0.25) is 0 Å². The lowest BCUT2D eigenvalue weighted by Crippen LogP contribution is -2.17. The molecular formula is C22H22N2O3. The molecule has 2 aromatic carbocycles. The van der Waals surface area contributed by atoms with Gasteiger partial charge < -0.3 is 10.1 Å². The molecule has 138 valence electrons. The van der Waals surface area contributed by atoms with Crippen molar-refractivity contribution in [3.05, 3.63) is 64.7 Å². The third-order valence-electron chi connectivity index (χ3n) is 4.61. The predicted molar refractivity (Wildman–Crippen MR) is 103 cm³/mol. The van der Waals surface area contributed by atoms with Crippen LogP contribution in [-0.2, 0) is 22.4 Å². The molecule has 0 radical (unpaired) electrons. The number of anilines is 1. The lowest BCUT2D eigenvalue weighted by Gasteiger charge is -2.11. The number of hydrogen-bond acceptors (Lipinski definition) is 5. The van der Waals surface area contributed by atoms with Gasteiger partial charge in [-0.3, -0.25) is 4.79 Å². The fraction of sp³-hybridized carbons (Fsp3) is 0.318. The number of nitrogens with zero attached hydrogens (tertiary/aromatic N) is 1. The van der Waals surface area contributed by atoms with Crippen LogP contribution in [0.4, 0.5) is 5.69 Å². The van der Waals surface area contributed by atoms with E-state index in [9.17, 15) is 14.9 Å². The second-order valence-corrected chi connectivity index (χ2v) is 6.86. The van der Waals surface area contributed by atoms with Crippen molar-refractivity contribution in [1.29, 1.82) is 5.26 Å². The Bertz CT molecular complexity index is 884. The third kappa shape index (κ3) is 4.73. The van der Waals surface area contributed by atoms with Crippen molar-refractivity contribution in [3.63, 3.8) is 0 Å². The highest BCUT2D eigenvalue weighted by Crippen LogP contribution is 2.32. The van der Waals surface area contributed by atoms with Crippen LogP contribution in [0.1, 0.15) is 46.8 Å². The highest BCUT2D eigenvalue weighted by Gasteiger charge is 2.24. The molecule has 3 rings (SSSR count). The molecule has 1 atom stereocenters. The minimum Gasteiger partial charge on any atom is -0.462 e. The van der Waals surface area contributed by atoms with Crippen LogP contribution in [0.15, 0.2) is 42.5 Å². The van der Waals surface area contributed by atoms with E-state index in [-0.39, 0.29) is 17.8 Å². The summed E-state index contributed by atoms with van der Waals surface area (Å²) < 4.78 is 5.32. The van der Waals surface area contributed by atoms with Gasteiger partial charge in [0.1, 0.15) is 11.9 Å². The number of benzene rings is 2. The van der Waals surface area contributed by atoms with E-state index in [1.807, 2.05) is 24.3 Å². The maximum absolute atomic E-state index is 11.9. The molecule has 1 aliphatic rings. The first-order valence-corrected chi connectivity index (χ1v) is 9.11. The van der Waals surface area contributed by atoms with E-state index in [4.69, 9.17) is 4.74 Å². The maximum atomic E-state index is 11.9. The van der Waals surface area contributed by atoms with Crippen LogP contribution in [0.25, 0.3) is 0 Å². The minimum absolute atomic E-state index is 0.0848. The number of nitrogens with one attached hydrogen (secondary N) is 1. The van der Waals surface area contributed by atoms with Crippen molar-refractivity contribution in [2.75, 3.05) is 11.9 Å². The maximum Gasteiger partial charge on any atom is 0.338 e. The Hall–Kier alpha value is -3.13. The van der Waals surface area contributed by atoms with Gasteiger partial charge in [0.2, 0.25) is 0 Å². The summed E-state index contributed by atoms with van der Waals surface area (Å²) in [6.45, 7) is 1.92. The zero-order valence-electron chi connectivity index (χ0n) is 15.3. The van der Waals surface area contributed by atoms with Crippen LogP contribution in [-0.4, -0.2) is 24.4 Å². The molecule has 1 N–H and O–H groups in total. The number of esters is 1. The van der Waals surface area contributed by atoms with Gasteiger partial charge in [-0.05, 0) is 55.5 Å². The first kappa shape index (κ1) is 18.7. The summed E-state index contributed by atoms with van der Waals surface area (Å²) in [7, 11) is 0. The van der Waals surface area contributed by atoms with Gasteiger partial charge in [0.15, 0.2) is 0 Å². The monoisotopic (exact) mass is 362 g/mol. The van der Waals surface area contributed by atoms with Crippen LogP contribution >= 0.6 is 0 Å². The van der Waals surface area contributed by atoms with Gasteiger partial charge in [-0.2, -0.15) is 5.26 Å². The molecule has 0 saturated carbocycles. The fourth-order valence-electron chi connectivity index (χ4n) is 3.42. The van der Waals surface area contributed by atoms with Crippen LogP contribution in [0, 0.1) is 11.3 Å². The number of hydrogen-bond donors (Lipinski definition) is 1. The van der Waals surface area contributed by atoms with Crippen LogP contribution in [0.5, 0.6) is 0 Å². The van der Waals surface area contributed by atoms with Crippen molar-refractivity contribution in [2.24, 2.45) is 0 Å². The zero-order chi connectivity index (χ0) is 19.2.